The SMILES string of the molecule is CC1=Cc2c(C)cccc2C1[CH-]CC1C(C)=Cc2c(C)cccc21.[Cl][Zr][Cl]. The molecule has 2 unspecified atom stereocenters. The Morgan fingerprint density at radius 1 is 0.815 bits per heavy atom. The summed E-state index contributed by atoms with van der Waals surface area (Å²) in [5, 5.41) is 0. The Labute approximate surface area is 182 Å². The second kappa shape index (κ2) is 9.25. The number of halogens is 2. The van der Waals surface area contributed by atoms with E-state index in [0.717, 1.165) is 6.42 Å². The number of aryl methyl sites for hydroxylation is 2. The Morgan fingerprint density at radius 2 is 1.33 bits per heavy atom. The first-order valence-corrected chi connectivity index (χ1v) is 15.7. The van der Waals surface area contributed by atoms with Crippen molar-refractivity contribution in [2.24, 2.45) is 0 Å². The van der Waals surface area contributed by atoms with Crippen LogP contribution in [0.15, 0.2) is 47.5 Å². The summed E-state index contributed by atoms with van der Waals surface area (Å²) in [5.41, 5.74) is 11.6. The molecule has 0 radical (unpaired) electrons. The fourth-order valence-corrected chi connectivity index (χ4v) is 4.41. The van der Waals surface area contributed by atoms with E-state index in [-0.39, 0.29) is 0 Å². The molecule has 0 saturated heterocycles. The molecule has 27 heavy (non-hydrogen) atoms. The second-order valence-electron chi connectivity index (χ2n) is 7.51. The number of hydrogen-bond donors (Lipinski definition) is 0. The summed E-state index contributed by atoms with van der Waals surface area (Å²) in [6.07, 6.45) is 8.42. The summed E-state index contributed by atoms with van der Waals surface area (Å²) in [4.78, 5) is 0. The fourth-order valence-electron chi connectivity index (χ4n) is 4.41. The molecule has 2 aromatic carbocycles. The molecule has 0 fully saturated rings. The maximum absolute atomic E-state index is 4.93. The molecule has 0 aromatic heterocycles. The fraction of sp³-hybridized carbons (Fsp3) is 0.292. The van der Waals surface area contributed by atoms with Crippen LogP contribution in [0.5, 0.6) is 0 Å². The Bertz CT molecular complexity index is 822. The Hall–Kier alpha value is -0.617. The van der Waals surface area contributed by atoms with Crippen molar-refractivity contribution >= 4 is 29.2 Å². The minimum absolute atomic E-state index is 0.474. The normalized spacial score (nSPS) is 19.5. The van der Waals surface area contributed by atoms with Crippen LogP contribution in [0.3, 0.4) is 0 Å². The number of hydrogen-bond acceptors (Lipinski definition) is 0. The van der Waals surface area contributed by atoms with Crippen LogP contribution < -0.4 is 0 Å². The predicted molar refractivity (Wildman–Crippen MR) is 116 cm³/mol. The molecule has 0 N–H and O–H groups in total. The molecule has 2 aliphatic carbocycles. The van der Waals surface area contributed by atoms with E-state index in [2.05, 4.69) is 82.7 Å². The minimum atomic E-state index is -0.826. The molecule has 0 nitrogen and oxygen atoms in total. The average Bonchev–Trinajstić information content (AvgIpc) is 3.12. The first-order valence-electron chi connectivity index (χ1n) is 9.33. The van der Waals surface area contributed by atoms with Gasteiger partial charge in [0, 0.05) is 0 Å². The van der Waals surface area contributed by atoms with Crippen molar-refractivity contribution < 1.29 is 20.8 Å². The van der Waals surface area contributed by atoms with Gasteiger partial charge in [0.1, 0.15) is 0 Å². The third kappa shape index (κ3) is 4.37. The van der Waals surface area contributed by atoms with E-state index in [0.29, 0.717) is 11.8 Å². The van der Waals surface area contributed by atoms with E-state index < -0.39 is 20.8 Å². The van der Waals surface area contributed by atoms with Crippen LogP contribution in [0.4, 0.5) is 0 Å². The standard InChI is InChI=1S/C24H25.2ClH.Zr/c1-15-7-5-9-21-19(17(3)13-23(15)21)11-12-20-18(4)14-24-16(2)8-6-10-22(20)24;;;/h5-11,13-14,19-20H,12H2,1-4H3;2*1H;/q-1;;;+2/p-2. The number of fused-ring (bicyclic) bond motifs is 2. The van der Waals surface area contributed by atoms with Gasteiger partial charge >= 0.3 is 37.9 Å². The topological polar surface area (TPSA) is 0 Å². The molecule has 3 heteroatoms. The van der Waals surface area contributed by atoms with E-state index in [1.807, 2.05) is 0 Å². The van der Waals surface area contributed by atoms with Crippen LogP contribution in [0, 0.1) is 20.3 Å². The van der Waals surface area contributed by atoms with Crippen molar-refractivity contribution in [3.05, 3.63) is 87.3 Å². The van der Waals surface area contributed by atoms with Gasteiger partial charge in [-0.3, -0.25) is 0 Å². The molecule has 0 aliphatic heterocycles. The van der Waals surface area contributed by atoms with Crippen LogP contribution >= 0.6 is 17.0 Å². The van der Waals surface area contributed by atoms with E-state index >= 15 is 0 Å². The van der Waals surface area contributed by atoms with E-state index in [4.69, 9.17) is 17.0 Å². The Morgan fingerprint density at radius 3 is 1.96 bits per heavy atom. The average molecular weight is 476 g/mol. The molecule has 0 bridgehead atoms. The summed E-state index contributed by atoms with van der Waals surface area (Å²) in [6, 6.07) is 13.4. The zero-order valence-electron chi connectivity index (χ0n) is 16.3. The Balaban J connectivity index is 0.000000659. The van der Waals surface area contributed by atoms with E-state index in [9.17, 15) is 0 Å². The molecule has 140 valence electrons. The first kappa shape index (κ1) is 21.1. The first-order chi connectivity index (χ1) is 13.0. The quantitative estimate of drug-likeness (QED) is 0.395. The second-order valence-corrected chi connectivity index (χ2v) is 11.2. The van der Waals surface area contributed by atoms with Crippen molar-refractivity contribution in [1.82, 2.24) is 0 Å². The van der Waals surface area contributed by atoms with Crippen LogP contribution in [-0.2, 0) is 20.8 Å². The van der Waals surface area contributed by atoms with Crippen molar-refractivity contribution in [2.45, 2.75) is 46.0 Å². The van der Waals surface area contributed by atoms with E-state index in [1.54, 1.807) is 0 Å². The van der Waals surface area contributed by atoms with Crippen LogP contribution in [0.1, 0.15) is 65.5 Å². The summed E-state index contributed by atoms with van der Waals surface area (Å²) in [5.74, 6) is 1.02. The van der Waals surface area contributed by atoms with Gasteiger partial charge in [-0.25, -0.2) is 0 Å². The maximum atomic E-state index is 4.93. The summed E-state index contributed by atoms with van der Waals surface area (Å²) < 4.78 is 0. The van der Waals surface area contributed by atoms with Gasteiger partial charge in [0.05, 0.1) is 0 Å². The van der Waals surface area contributed by atoms with Crippen LogP contribution in [0.2, 0.25) is 0 Å². The van der Waals surface area contributed by atoms with Crippen molar-refractivity contribution in [2.75, 3.05) is 0 Å². The third-order valence-corrected chi connectivity index (χ3v) is 5.82. The molecule has 4 rings (SSSR count). The van der Waals surface area contributed by atoms with Gasteiger partial charge in [-0.1, -0.05) is 65.3 Å². The monoisotopic (exact) mass is 473 g/mol. The molecule has 0 saturated carbocycles. The zero-order chi connectivity index (χ0) is 19.6. The molecule has 2 aromatic rings. The Kier molecular flexibility index (Phi) is 7.23. The molecule has 0 spiro atoms. The van der Waals surface area contributed by atoms with Gasteiger partial charge < -0.3 is 6.42 Å². The molecular formula is C24H25Cl2Zr-. The number of allylic oxidation sites excluding steroid dienone is 2. The van der Waals surface area contributed by atoms with Crippen molar-refractivity contribution in [1.29, 1.82) is 0 Å². The predicted octanol–water partition coefficient (Wildman–Crippen LogP) is 7.98. The molecule has 0 amide bonds. The third-order valence-electron chi connectivity index (χ3n) is 5.82. The molecule has 0 heterocycles. The van der Waals surface area contributed by atoms with Crippen molar-refractivity contribution in [3.8, 4) is 0 Å². The van der Waals surface area contributed by atoms with Gasteiger partial charge in [0.15, 0.2) is 0 Å². The summed E-state index contributed by atoms with van der Waals surface area (Å²) in [6.45, 7) is 8.99. The van der Waals surface area contributed by atoms with Gasteiger partial charge in [-0.2, -0.15) is 6.42 Å². The summed E-state index contributed by atoms with van der Waals surface area (Å²) >= 11 is -0.826. The molecular weight excluding hydrogens is 450 g/mol. The summed E-state index contributed by atoms with van der Waals surface area (Å²) in [7, 11) is 9.87. The van der Waals surface area contributed by atoms with Gasteiger partial charge in [0.25, 0.3) is 0 Å². The van der Waals surface area contributed by atoms with Crippen molar-refractivity contribution in [3.63, 3.8) is 0 Å². The number of rotatable bonds is 3. The van der Waals surface area contributed by atoms with Gasteiger partial charge in [-0.05, 0) is 61.4 Å². The van der Waals surface area contributed by atoms with Gasteiger partial charge in [-0.15, -0.1) is 5.92 Å². The van der Waals surface area contributed by atoms with Crippen LogP contribution in [-0.4, -0.2) is 0 Å². The van der Waals surface area contributed by atoms with E-state index in [1.165, 1.54) is 44.5 Å². The van der Waals surface area contributed by atoms with Crippen LogP contribution in [0.25, 0.3) is 12.2 Å². The number of benzene rings is 2. The molecule has 2 atom stereocenters. The van der Waals surface area contributed by atoms with Gasteiger partial charge in [0.2, 0.25) is 0 Å². The zero-order valence-corrected chi connectivity index (χ0v) is 20.3. The molecule has 2 aliphatic rings.